The van der Waals surface area contributed by atoms with Crippen molar-refractivity contribution in [2.45, 2.75) is 32.7 Å². The van der Waals surface area contributed by atoms with Crippen LogP contribution in [0.25, 0.3) is 0 Å². The minimum atomic E-state index is -4.72. The van der Waals surface area contributed by atoms with Crippen molar-refractivity contribution in [3.8, 4) is 5.75 Å². The highest BCUT2D eigenvalue weighted by Crippen LogP contribution is 2.22. The Labute approximate surface area is 156 Å². The Balaban J connectivity index is 0.00000625. The number of ether oxygens (including phenoxy) is 1. The Morgan fingerprint density at radius 3 is 2.23 bits per heavy atom. The molecule has 0 radical (unpaired) electrons. The number of hydrogen-bond acceptors (Lipinski definition) is 4. The van der Waals surface area contributed by atoms with Gasteiger partial charge in [-0.05, 0) is 30.0 Å². The van der Waals surface area contributed by atoms with Crippen LogP contribution in [0.2, 0.25) is 0 Å². The van der Waals surface area contributed by atoms with Crippen LogP contribution in [0.1, 0.15) is 19.4 Å². The van der Waals surface area contributed by atoms with Gasteiger partial charge in [0.1, 0.15) is 5.75 Å². The SMILES string of the molecule is CC(C)[C@H](N)C(=O)NCC(=O)NCCc1ccc(OC(F)(F)F)cc1.Cl. The lowest BCUT2D eigenvalue weighted by Gasteiger charge is -2.15. The monoisotopic (exact) mass is 397 g/mol. The zero-order chi connectivity index (χ0) is 19.0. The third kappa shape index (κ3) is 9.47. The molecular formula is C16H23ClF3N3O3. The predicted molar refractivity (Wildman–Crippen MR) is 92.9 cm³/mol. The minimum Gasteiger partial charge on any atom is -0.406 e. The number of rotatable bonds is 8. The first-order valence-electron chi connectivity index (χ1n) is 7.73. The fraction of sp³-hybridized carbons (Fsp3) is 0.500. The third-order valence-corrected chi connectivity index (χ3v) is 3.34. The second-order valence-electron chi connectivity index (χ2n) is 5.78. The van der Waals surface area contributed by atoms with Crippen LogP contribution in [-0.2, 0) is 16.0 Å². The third-order valence-electron chi connectivity index (χ3n) is 3.34. The molecule has 0 aromatic heterocycles. The fourth-order valence-electron chi connectivity index (χ4n) is 1.85. The van der Waals surface area contributed by atoms with E-state index in [-0.39, 0.29) is 43.1 Å². The van der Waals surface area contributed by atoms with Crippen LogP contribution in [0, 0.1) is 5.92 Å². The lowest BCUT2D eigenvalue weighted by molar-refractivity contribution is -0.274. The molecule has 0 fully saturated rings. The van der Waals surface area contributed by atoms with Gasteiger partial charge in [-0.15, -0.1) is 25.6 Å². The highest BCUT2D eigenvalue weighted by molar-refractivity contribution is 5.87. The Kier molecular flexibility index (Phi) is 10.0. The van der Waals surface area contributed by atoms with Gasteiger partial charge in [0, 0.05) is 6.54 Å². The first-order valence-corrected chi connectivity index (χ1v) is 7.73. The molecule has 0 saturated carbocycles. The van der Waals surface area contributed by atoms with Crippen molar-refractivity contribution in [3.05, 3.63) is 29.8 Å². The van der Waals surface area contributed by atoms with E-state index in [1.165, 1.54) is 24.3 Å². The number of carbonyl (C=O) groups is 2. The number of hydrogen-bond donors (Lipinski definition) is 3. The predicted octanol–water partition coefficient (Wildman–Crippen LogP) is 1.77. The van der Waals surface area contributed by atoms with Gasteiger partial charge in [-0.2, -0.15) is 0 Å². The smallest absolute Gasteiger partial charge is 0.406 e. The molecule has 0 unspecified atom stereocenters. The fourth-order valence-corrected chi connectivity index (χ4v) is 1.85. The Morgan fingerprint density at radius 1 is 1.15 bits per heavy atom. The van der Waals surface area contributed by atoms with Crippen LogP contribution in [0.15, 0.2) is 24.3 Å². The zero-order valence-corrected chi connectivity index (χ0v) is 15.2. The summed E-state index contributed by atoms with van der Waals surface area (Å²) in [5, 5.41) is 5.04. The van der Waals surface area contributed by atoms with Crippen molar-refractivity contribution in [2.24, 2.45) is 11.7 Å². The number of nitrogens with one attached hydrogen (secondary N) is 2. The first-order chi connectivity index (χ1) is 11.6. The van der Waals surface area contributed by atoms with Gasteiger partial charge in [-0.1, -0.05) is 26.0 Å². The van der Waals surface area contributed by atoms with Crippen LogP contribution in [0.3, 0.4) is 0 Å². The first kappa shape index (κ1) is 24.0. The van der Waals surface area contributed by atoms with Crippen molar-refractivity contribution in [1.82, 2.24) is 10.6 Å². The average Bonchev–Trinajstić information content (AvgIpc) is 2.52. The summed E-state index contributed by atoms with van der Waals surface area (Å²) < 4.78 is 39.9. The molecular weight excluding hydrogens is 375 g/mol. The van der Waals surface area contributed by atoms with Gasteiger partial charge in [0.05, 0.1) is 12.6 Å². The molecule has 1 atom stereocenters. The summed E-state index contributed by atoms with van der Waals surface area (Å²) in [6.45, 7) is 3.70. The molecule has 6 nitrogen and oxygen atoms in total. The molecule has 2 amide bonds. The summed E-state index contributed by atoms with van der Waals surface area (Å²) in [6.07, 6.45) is -4.30. The van der Waals surface area contributed by atoms with E-state index >= 15 is 0 Å². The lowest BCUT2D eigenvalue weighted by atomic mass is 10.1. The van der Waals surface area contributed by atoms with Crippen molar-refractivity contribution in [2.75, 3.05) is 13.1 Å². The molecule has 1 aromatic rings. The van der Waals surface area contributed by atoms with E-state index in [0.717, 1.165) is 5.56 Å². The highest BCUT2D eigenvalue weighted by Gasteiger charge is 2.30. The largest absolute Gasteiger partial charge is 0.573 e. The number of halogens is 4. The Morgan fingerprint density at radius 2 is 1.73 bits per heavy atom. The molecule has 0 aliphatic carbocycles. The van der Waals surface area contributed by atoms with E-state index in [2.05, 4.69) is 15.4 Å². The molecule has 4 N–H and O–H groups in total. The number of carbonyl (C=O) groups excluding carboxylic acids is 2. The van der Waals surface area contributed by atoms with Crippen LogP contribution in [-0.4, -0.2) is 37.3 Å². The van der Waals surface area contributed by atoms with Crippen molar-refractivity contribution in [1.29, 1.82) is 0 Å². The molecule has 10 heteroatoms. The molecule has 0 aliphatic rings. The van der Waals surface area contributed by atoms with Crippen LogP contribution in [0.4, 0.5) is 13.2 Å². The maximum absolute atomic E-state index is 12.0. The van der Waals surface area contributed by atoms with E-state index < -0.39 is 18.3 Å². The van der Waals surface area contributed by atoms with Crippen LogP contribution < -0.4 is 21.1 Å². The van der Waals surface area contributed by atoms with Crippen LogP contribution >= 0.6 is 12.4 Å². The molecule has 1 aromatic carbocycles. The summed E-state index contributed by atoms with van der Waals surface area (Å²) in [5.74, 6) is -1.11. The topological polar surface area (TPSA) is 93.5 Å². The quantitative estimate of drug-likeness (QED) is 0.623. The summed E-state index contributed by atoms with van der Waals surface area (Å²) in [4.78, 5) is 23.2. The number of benzene rings is 1. The molecule has 0 aliphatic heterocycles. The standard InChI is InChI=1S/C16H22F3N3O3.ClH/c1-10(2)14(20)15(24)22-9-13(23)21-8-7-11-3-5-12(6-4-11)25-16(17,18)19;/h3-6,10,14H,7-9,20H2,1-2H3,(H,21,23)(H,22,24);1H/t14-;/m0./s1. The molecule has 26 heavy (non-hydrogen) atoms. The molecule has 0 heterocycles. The second kappa shape index (κ2) is 10.9. The molecule has 0 bridgehead atoms. The van der Waals surface area contributed by atoms with E-state index in [1.54, 1.807) is 13.8 Å². The van der Waals surface area contributed by atoms with Gasteiger partial charge in [-0.25, -0.2) is 0 Å². The van der Waals surface area contributed by atoms with Crippen LogP contribution in [0.5, 0.6) is 5.75 Å². The van der Waals surface area contributed by atoms with Crippen molar-refractivity contribution >= 4 is 24.2 Å². The maximum atomic E-state index is 12.0. The molecule has 0 spiro atoms. The van der Waals surface area contributed by atoms with Crippen molar-refractivity contribution in [3.63, 3.8) is 0 Å². The van der Waals surface area contributed by atoms with E-state index in [1.807, 2.05) is 0 Å². The lowest BCUT2D eigenvalue weighted by Crippen LogP contribution is -2.47. The van der Waals surface area contributed by atoms with E-state index in [0.29, 0.717) is 6.42 Å². The summed E-state index contributed by atoms with van der Waals surface area (Å²) >= 11 is 0. The number of amides is 2. The average molecular weight is 398 g/mol. The van der Waals surface area contributed by atoms with Gasteiger partial charge < -0.3 is 21.1 Å². The summed E-state index contributed by atoms with van der Waals surface area (Å²) in [5.41, 5.74) is 6.39. The van der Waals surface area contributed by atoms with E-state index in [9.17, 15) is 22.8 Å². The number of alkyl halides is 3. The Bertz CT molecular complexity index is 580. The van der Waals surface area contributed by atoms with Gasteiger partial charge in [0.2, 0.25) is 11.8 Å². The second-order valence-corrected chi connectivity index (χ2v) is 5.78. The maximum Gasteiger partial charge on any atom is 0.573 e. The molecule has 0 saturated heterocycles. The van der Waals surface area contributed by atoms with Gasteiger partial charge in [0.25, 0.3) is 0 Å². The molecule has 1 rings (SSSR count). The summed E-state index contributed by atoms with van der Waals surface area (Å²) in [7, 11) is 0. The summed E-state index contributed by atoms with van der Waals surface area (Å²) in [6, 6.07) is 4.70. The number of nitrogens with two attached hydrogens (primary N) is 1. The zero-order valence-electron chi connectivity index (χ0n) is 14.4. The minimum absolute atomic E-state index is 0. The Hall–Kier alpha value is -2.00. The molecule has 148 valence electrons. The highest BCUT2D eigenvalue weighted by atomic mass is 35.5. The van der Waals surface area contributed by atoms with E-state index in [4.69, 9.17) is 5.73 Å². The normalized spacial score (nSPS) is 12.1. The van der Waals surface area contributed by atoms with Gasteiger partial charge >= 0.3 is 6.36 Å². The van der Waals surface area contributed by atoms with Gasteiger partial charge in [-0.3, -0.25) is 9.59 Å². The van der Waals surface area contributed by atoms with Crippen molar-refractivity contribution < 1.29 is 27.5 Å². The van der Waals surface area contributed by atoms with Gasteiger partial charge in [0.15, 0.2) is 0 Å².